The van der Waals surface area contributed by atoms with Crippen molar-refractivity contribution in [1.82, 2.24) is 9.80 Å². The van der Waals surface area contributed by atoms with Crippen molar-refractivity contribution in [3.05, 3.63) is 47.8 Å². The van der Waals surface area contributed by atoms with E-state index in [9.17, 15) is 0 Å². The lowest BCUT2D eigenvalue weighted by Gasteiger charge is -2.28. The summed E-state index contributed by atoms with van der Waals surface area (Å²) in [4.78, 5) is 4.86. The maximum atomic E-state index is 5.73. The van der Waals surface area contributed by atoms with Gasteiger partial charge in [-0.3, -0.25) is 9.80 Å². The van der Waals surface area contributed by atoms with Crippen LogP contribution in [0.3, 0.4) is 0 Å². The number of morpholine rings is 1. The van der Waals surface area contributed by atoms with Crippen LogP contribution in [0.2, 0.25) is 0 Å². The average Bonchev–Trinajstić information content (AvgIpc) is 3.20. The number of aryl methyl sites for hydroxylation is 1. The van der Waals surface area contributed by atoms with Crippen molar-refractivity contribution in [3.8, 4) is 0 Å². The first-order valence-corrected chi connectivity index (χ1v) is 8.40. The van der Waals surface area contributed by atoms with Crippen LogP contribution in [0.1, 0.15) is 23.7 Å². The van der Waals surface area contributed by atoms with Crippen LogP contribution in [0, 0.1) is 6.92 Å². The van der Waals surface area contributed by atoms with Crippen molar-refractivity contribution < 1.29 is 13.6 Å². The van der Waals surface area contributed by atoms with E-state index in [-0.39, 0.29) is 0 Å². The molecular formula is C18H26N2O3. The molecular weight excluding hydrogens is 292 g/mol. The van der Waals surface area contributed by atoms with Crippen LogP contribution in [0.5, 0.6) is 0 Å². The van der Waals surface area contributed by atoms with Crippen LogP contribution in [-0.2, 0) is 17.8 Å². The molecule has 0 radical (unpaired) electrons. The molecule has 0 atom stereocenters. The van der Waals surface area contributed by atoms with E-state index in [1.54, 1.807) is 6.26 Å². The van der Waals surface area contributed by atoms with Crippen molar-refractivity contribution >= 4 is 0 Å². The van der Waals surface area contributed by atoms with Crippen molar-refractivity contribution in [2.24, 2.45) is 0 Å². The number of hydrogen-bond donors (Lipinski definition) is 0. The maximum Gasteiger partial charge on any atom is 0.118 e. The summed E-state index contributed by atoms with van der Waals surface area (Å²) in [5.41, 5.74) is 0. The third-order valence-electron chi connectivity index (χ3n) is 4.19. The Labute approximate surface area is 137 Å². The molecule has 0 saturated carbocycles. The number of hydrogen-bond acceptors (Lipinski definition) is 5. The molecule has 1 aliphatic heterocycles. The van der Waals surface area contributed by atoms with E-state index < -0.39 is 0 Å². The highest BCUT2D eigenvalue weighted by Crippen LogP contribution is 2.14. The molecule has 0 amide bonds. The topological polar surface area (TPSA) is 42.0 Å². The Hall–Kier alpha value is -1.56. The summed E-state index contributed by atoms with van der Waals surface area (Å²) in [5.74, 6) is 2.98. The van der Waals surface area contributed by atoms with Crippen LogP contribution in [-0.4, -0.2) is 49.2 Å². The molecule has 5 nitrogen and oxygen atoms in total. The molecule has 0 aromatic carbocycles. The van der Waals surface area contributed by atoms with E-state index in [1.807, 2.05) is 25.1 Å². The fourth-order valence-electron chi connectivity index (χ4n) is 2.97. The average molecular weight is 318 g/mol. The Morgan fingerprint density at radius 3 is 2.61 bits per heavy atom. The third kappa shape index (κ3) is 5.23. The van der Waals surface area contributed by atoms with Crippen LogP contribution in [0.15, 0.2) is 39.4 Å². The maximum absolute atomic E-state index is 5.73. The Kier molecular flexibility index (Phi) is 5.91. The molecule has 2 aromatic rings. The summed E-state index contributed by atoms with van der Waals surface area (Å²) >= 11 is 0. The summed E-state index contributed by atoms with van der Waals surface area (Å²) < 4.78 is 16.6. The zero-order valence-electron chi connectivity index (χ0n) is 13.9. The van der Waals surface area contributed by atoms with Crippen molar-refractivity contribution in [2.45, 2.75) is 26.4 Å². The van der Waals surface area contributed by atoms with Gasteiger partial charge in [-0.1, -0.05) is 0 Å². The minimum absolute atomic E-state index is 0.815. The Morgan fingerprint density at radius 1 is 1.09 bits per heavy atom. The van der Waals surface area contributed by atoms with E-state index in [4.69, 9.17) is 13.6 Å². The summed E-state index contributed by atoms with van der Waals surface area (Å²) in [7, 11) is 0. The minimum Gasteiger partial charge on any atom is -0.468 e. The van der Waals surface area contributed by atoms with Gasteiger partial charge in [0.15, 0.2) is 0 Å². The van der Waals surface area contributed by atoms with Crippen molar-refractivity contribution in [3.63, 3.8) is 0 Å². The van der Waals surface area contributed by atoms with Gasteiger partial charge in [0.1, 0.15) is 17.3 Å². The van der Waals surface area contributed by atoms with Gasteiger partial charge in [0.2, 0.25) is 0 Å². The predicted octanol–water partition coefficient (Wildman–Crippen LogP) is 2.91. The molecule has 5 heteroatoms. The molecule has 126 valence electrons. The molecule has 1 saturated heterocycles. The van der Waals surface area contributed by atoms with Crippen LogP contribution < -0.4 is 0 Å². The van der Waals surface area contributed by atoms with Crippen LogP contribution >= 0.6 is 0 Å². The zero-order chi connectivity index (χ0) is 15.9. The normalized spacial score (nSPS) is 16.3. The number of ether oxygens (including phenoxy) is 1. The van der Waals surface area contributed by atoms with E-state index in [0.29, 0.717) is 0 Å². The molecule has 0 bridgehead atoms. The molecule has 3 heterocycles. The molecule has 0 aliphatic carbocycles. The highest BCUT2D eigenvalue weighted by Gasteiger charge is 2.13. The van der Waals surface area contributed by atoms with Gasteiger partial charge in [-0.25, -0.2) is 0 Å². The summed E-state index contributed by atoms with van der Waals surface area (Å²) in [5, 5.41) is 0. The first-order chi connectivity index (χ1) is 11.3. The van der Waals surface area contributed by atoms with Gasteiger partial charge in [0.25, 0.3) is 0 Å². The molecule has 1 aliphatic rings. The molecule has 1 fully saturated rings. The number of furan rings is 2. The monoisotopic (exact) mass is 318 g/mol. The van der Waals surface area contributed by atoms with Gasteiger partial charge < -0.3 is 13.6 Å². The standard InChI is InChI=1S/C18H26N2O3/c1-16-5-6-18(23-16)15-20(14-17-4-2-11-22-17)8-3-7-19-9-12-21-13-10-19/h2,4-6,11H,3,7-10,12-15H2,1H3. The minimum atomic E-state index is 0.815. The van der Waals surface area contributed by atoms with Gasteiger partial charge in [0, 0.05) is 19.6 Å². The van der Waals surface area contributed by atoms with Gasteiger partial charge in [-0.2, -0.15) is 0 Å². The number of nitrogens with zero attached hydrogens (tertiary/aromatic N) is 2. The first-order valence-electron chi connectivity index (χ1n) is 8.40. The Bertz CT molecular complexity index is 559. The highest BCUT2D eigenvalue weighted by molar-refractivity contribution is 5.06. The Morgan fingerprint density at radius 2 is 1.91 bits per heavy atom. The van der Waals surface area contributed by atoms with Crippen LogP contribution in [0.4, 0.5) is 0 Å². The fraction of sp³-hybridized carbons (Fsp3) is 0.556. The highest BCUT2D eigenvalue weighted by atomic mass is 16.5. The summed E-state index contributed by atoms with van der Waals surface area (Å²) in [6.45, 7) is 9.59. The van der Waals surface area contributed by atoms with Crippen molar-refractivity contribution in [2.75, 3.05) is 39.4 Å². The first kappa shape index (κ1) is 16.3. The van der Waals surface area contributed by atoms with Crippen molar-refractivity contribution in [1.29, 1.82) is 0 Å². The van der Waals surface area contributed by atoms with Gasteiger partial charge in [-0.15, -0.1) is 0 Å². The van der Waals surface area contributed by atoms with Gasteiger partial charge in [-0.05, 0) is 44.2 Å². The molecule has 0 spiro atoms. The molecule has 0 N–H and O–H groups in total. The second-order valence-electron chi connectivity index (χ2n) is 6.11. The number of rotatable bonds is 8. The molecule has 0 unspecified atom stereocenters. The van der Waals surface area contributed by atoms with E-state index in [0.717, 1.165) is 76.2 Å². The largest absolute Gasteiger partial charge is 0.468 e. The van der Waals surface area contributed by atoms with Gasteiger partial charge in [0.05, 0.1) is 32.6 Å². The lowest BCUT2D eigenvalue weighted by atomic mass is 10.3. The van der Waals surface area contributed by atoms with Crippen LogP contribution in [0.25, 0.3) is 0 Å². The summed E-state index contributed by atoms with van der Waals surface area (Å²) in [6, 6.07) is 8.06. The molecule has 2 aromatic heterocycles. The SMILES string of the molecule is Cc1ccc(CN(CCCN2CCOCC2)Cc2ccco2)o1. The van der Waals surface area contributed by atoms with E-state index in [1.165, 1.54) is 0 Å². The quantitative estimate of drug-likeness (QED) is 0.748. The van der Waals surface area contributed by atoms with E-state index in [2.05, 4.69) is 15.9 Å². The zero-order valence-corrected chi connectivity index (χ0v) is 13.9. The van der Waals surface area contributed by atoms with Gasteiger partial charge >= 0.3 is 0 Å². The van der Waals surface area contributed by atoms with E-state index >= 15 is 0 Å². The second-order valence-corrected chi connectivity index (χ2v) is 6.11. The molecule has 3 rings (SSSR count). The lowest BCUT2D eigenvalue weighted by Crippen LogP contribution is -2.38. The smallest absolute Gasteiger partial charge is 0.118 e. The second kappa shape index (κ2) is 8.34. The molecule has 23 heavy (non-hydrogen) atoms. The Balaban J connectivity index is 1.51. The third-order valence-corrected chi connectivity index (χ3v) is 4.19. The lowest BCUT2D eigenvalue weighted by molar-refractivity contribution is 0.0357. The summed E-state index contributed by atoms with van der Waals surface area (Å²) in [6.07, 6.45) is 2.87. The fourth-order valence-corrected chi connectivity index (χ4v) is 2.97. The predicted molar refractivity (Wildman–Crippen MR) is 88.1 cm³/mol.